The van der Waals surface area contributed by atoms with Crippen LogP contribution in [0.1, 0.15) is 58.8 Å². The predicted octanol–water partition coefficient (Wildman–Crippen LogP) is 4.18. The van der Waals surface area contributed by atoms with Gasteiger partial charge in [-0.25, -0.2) is 0 Å². The molecular weight excluding hydrogens is 213 g/mol. The van der Waals surface area contributed by atoms with E-state index in [0.717, 1.165) is 12.3 Å². The Balaban J connectivity index is 2.21. The molecule has 0 aliphatic heterocycles. The van der Waals surface area contributed by atoms with E-state index < -0.39 is 0 Å². The molecule has 0 heterocycles. The van der Waals surface area contributed by atoms with E-state index in [-0.39, 0.29) is 6.67 Å². The molecule has 0 aromatic rings. The van der Waals surface area contributed by atoms with Crippen LogP contribution in [0.4, 0.5) is 4.39 Å². The first kappa shape index (κ1) is 14.9. The summed E-state index contributed by atoms with van der Waals surface area (Å²) in [5.74, 6) is 2.21. The molecule has 1 fully saturated rings. The molecular formula is C15H30FN. The van der Waals surface area contributed by atoms with Crippen molar-refractivity contribution in [1.82, 2.24) is 5.32 Å². The van der Waals surface area contributed by atoms with Gasteiger partial charge in [-0.1, -0.05) is 46.0 Å². The van der Waals surface area contributed by atoms with Crippen LogP contribution in [0.25, 0.3) is 0 Å². The summed E-state index contributed by atoms with van der Waals surface area (Å²) >= 11 is 0. The highest BCUT2D eigenvalue weighted by Gasteiger charge is 2.26. The van der Waals surface area contributed by atoms with Gasteiger partial charge in [0, 0.05) is 6.04 Å². The van der Waals surface area contributed by atoms with E-state index in [2.05, 4.69) is 26.2 Å². The Kier molecular flexibility index (Phi) is 7.10. The Morgan fingerprint density at radius 3 is 2.29 bits per heavy atom. The van der Waals surface area contributed by atoms with Gasteiger partial charge in [0.05, 0.1) is 6.67 Å². The van der Waals surface area contributed by atoms with E-state index in [1.807, 2.05) is 0 Å². The van der Waals surface area contributed by atoms with E-state index in [0.29, 0.717) is 17.9 Å². The summed E-state index contributed by atoms with van der Waals surface area (Å²) in [6.45, 7) is 4.42. The second-order valence-corrected chi connectivity index (χ2v) is 6.00. The minimum absolute atomic E-state index is 0.124. The fourth-order valence-electron chi connectivity index (χ4n) is 3.08. The molecule has 0 saturated heterocycles. The maximum Gasteiger partial charge on any atom is 0.0897 e. The SMILES string of the molecule is CNC(CCCC(CCF)C1CCC1)C(C)C. The molecule has 1 nitrogen and oxygen atoms in total. The standard InChI is InChI=1S/C15H30FN/c1-12(2)15(17-3)9-5-8-14(10-11-16)13-6-4-7-13/h12-15,17H,4-11H2,1-3H3. The molecule has 0 bridgehead atoms. The lowest BCUT2D eigenvalue weighted by molar-refractivity contribution is 0.169. The van der Waals surface area contributed by atoms with Gasteiger partial charge >= 0.3 is 0 Å². The van der Waals surface area contributed by atoms with Crippen LogP contribution in [-0.2, 0) is 0 Å². The van der Waals surface area contributed by atoms with Crippen molar-refractivity contribution in [2.24, 2.45) is 17.8 Å². The molecule has 2 atom stereocenters. The molecule has 2 heteroatoms. The average molecular weight is 243 g/mol. The third-order valence-corrected chi connectivity index (χ3v) is 4.56. The summed E-state index contributed by atoms with van der Waals surface area (Å²) in [5, 5.41) is 3.39. The normalized spacial score (nSPS) is 20.3. The molecule has 0 aromatic carbocycles. The summed E-state index contributed by atoms with van der Waals surface area (Å²) in [5.41, 5.74) is 0. The van der Waals surface area contributed by atoms with Crippen LogP contribution in [0.3, 0.4) is 0 Å². The zero-order chi connectivity index (χ0) is 12.7. The first-order valence-corrected chi connectivity index (χ1v) is 7.42. The first-order valence-electron chi connectivity index (χ1n) is 7.42. The van der Waals surface area contributed by atoms with Crippen molar-refractivity contribution in [3.05, 3.63) is 0 Å². The van der Waals surface area contributed by atoms with Gasteiger partial charge in [-0.05, 0) is 37.6 Å². The van der Waals surface area contributed by atoms with E-state index in [1.165, 1.54) is 38.5 Å². The van der Waals surface area contributed by atoms with Gasteiger partial charge in [-0.3, -0.25) is 4.39 Å². The summed E-state index contributed by atoms with van der Waals surface area (Å²) in [6, 6.07) is 0.627. The minimum Gasteiger partial charge on any atom is -0.317 e. The van der Waals surface area contributed by atoms with Crippen molar-refractivity contribution in [2.75, 3.05) is 13.7 Å². The molecule has 0 radical (unpaired) electrons. The summed E-state index contributed by atoms with van der Waals surface area (Å²) in [6.07, 6.45) is 8.61. The van der Waals surface area contributed by atoms with Gasteiger partial charge in [0.1, 0.15) is 0 Å². The fraction of sp³-hybridized carbons (Fsp3) is 1.00. The van der Waals surface area contributed by atoms with Gasteiger partial charge in [-0.2, -0.15) is 0 Å². The van der Waals surface area contributed by atoms with Crippen molar-refractivity contribution in [2.45, 2.75) is 64.8 Å². The van der Waals surface area contributed by atoms with Crippen LogP contribution in [0.2, 0.25) is 0 Å². The maximum absolute atomic E-state index is 12.5. The second kappa shape index (κ2) is 8.07. The first-order chi connectivity index (χ1) is 8.19. The molecule has 0 amide bonds. The van der Waals surface area contributed by atoms with E-state index in [1.54, 1.807) is 0 Å². The summed E-state index contributed by atoms with van der Waals surface area (Å²) < 4.78 is 12.5. The maximum atomic E-state index is 12.5. The number of hydrogen-bond donors (Lipinski definition) is 1. The van der Waals surface area contributed by atoms with E-state index in [4.69, 9.17) is 0 Å². The van der Waals surface area contributed by atoms with Gasteiger partial charge < -0.3 is 5.32 Å². The van der Waals surface area contributed by atoms with Crippen LogP contribution in [0.15, 0.2) is 0 Å². The minimum atomic E-state index is -0.124. The van der Waals surface area contributed by atoms with Crippen LogP contribution in [0, 0.1) is 17.8 Å². The monoisotopic (exact) mass is 243 g/mol. The van der Waals surface area contributed by atoms with Crippen molar-refractivity contribution in [3.8, 4) is 0 Å². The molecule has 17 heavy (non-hydrogen) atoms. The van der Waals surface area contributed by atoms with Gasteiger partial charge in [-0.15, -0.1) is 0 Å². The van der Waals surface area contributed by atoms with Crippen molar-refractivity contribution >= 4 is 0 Å². The summed E-state index contributed by atoms with van der Waals surface area (Å²) in [4.78, 5) is 0. The highest BCUT2D eigenvalue weighted by atomic mass is 19.1. The van der Waals surface area contributed by atoms with Crippen LogP contribution in [0.5, 0.6) is 0 Å². The number of halogens is 1. The van der Waals surface area contributed by atoms with Crippen LogP contribution < -0.4 is 5.32 Å². The Labute approximate surface area is 107 Å². The van der Waals surface area contributed by atoms with Crippen molar-refractivity contribution in [1.29, 1.82) is 0 Å². The van der Waals surface area contributed by atoms with Crippen LogP contribution in [-0.4, -0.2) is 19.8 Å². The molecule has 2 unspecified atom stereocenters. The molecule has 0 spiro atoms. The fourth-order valence-corrected chi connectivity index (χ4v) is 3.08. The van der Waals surface area contributed by atoms with Gasteiger partial charge in [0.15, 0.2) is 0 Å². The number of nitrogens with one attached hydrogen (secondary N) is 1. The van der Waals surface area contributed by atoms with E-state index in [9.17, 15) is 4.39 Å². The van der Waals surface area contributed by atoms with Crippen LogP contribution >= 0.6 is 0 Å². The third-order valence-electron chi connectivity index (χ3n) is 4.56. The predicted molar refractivity (Wildman–Crippen MR) is 73.0 cm³/mol. The van der Waals surface area contributed by atoms with Gasteiger partial charge in [0.25, 0.3) is 0 Å². The topological polar surface area (TPSA) is 12.0 Å². The van der Waals surface area contributed by atoms with E-state index >= 15 is 0 Å². The Morgan fingerprint density at radius 2 is 1.88 bits per heavy atom. The Hall–Kier alpha value is -0.110. The Bertz CT molecular complexity index is 189. The van der Waals surface area contributed by atoms with Gasteiger partial charge in [0.2, 0.25) is 0 Å². The van der Waals surface area contributed by atoms with Crippen molar-refractivity contribution < 1.29 is 4.39 Å². The number of hydrogen-bond acceptors (Lipinski definition) is 1. The zero-order valence-corrected chi connectivity index (χ0v) is 11.8. The Morgan fingerprint density at radius 1 is 1.18 bits per heavy atom. The lowest BCUT2D eigenvalue weighted by Gasteiger charge is -2.34. The molecule has 1 aliphatic rings. The zero-order valence-electron chi connectivity index (χ0n) is 11.8. The molecule has 1 rings (SSSR count). The molecule has 1 N–H and O–H groups in total. The molecule has 0 aromatic heterocycles. The second-order valence-electron chi connectivity index (χ2n) is 6.00. The lowest BCUT2D eigenvalue weighted by atomic mass is 9.72. The molecule has 102 valence electrons. The quantitative estimate of drug-likeness (QED) is 0.640. The number of rotatable bonds is 9. The largest absolute Gasteiger partial charge is 0.317 e. The highest BCUT2D eigenvalue weighted by molar-refractivity contribution is 4.78. The van der Waals surface area contributed by atoms with Crippen molar-refractivity contribution in [3.63, 3.8) is 0 Å². The lowest BCUT2D eigenvalue weighted by Crippen LogP contribution is -2.31. The molecule has 1 saturated carbocycles. The summed E-state index contributed by atoms with van der Waals surface area (Å²) in [7, 11) is 2.05. The average Bonchev–Trinajstić information content (AvgIpc) is 2.21. The number of alkyl halides is 1. The molecule has 1 aliphatic carbocycles. The highest BCUT2D eigenvalue weighted by Crippen LogP contribution is 2.37. The third kappa shape index (κ3) is 4.95. The smallest absolute Gasteiger partial charge is 0.0897 e.